The first-order chi connectivity index (χ1) is 15.4. The number of nitrogens with zero attached hydrogens (tertiary/aromatic N) is 1. The van der Waals surface area contributed by atoms with Crippen LogP contribution < -0.4 is 10.5 Å². The summed E-state index contributed by atoms with van der Waals surface area (Å²) >= 11 is 0. The van der Waals surface area contributed by atoms with Gasteiger partial charge in [0.15, 0.2) is 0 Å². The molecule has 2 aromatic carbocycles. The van der Waals surface area contributed by atoms with Crippen LogP contribution in [0.4, 0.5) is 0 Å². The maximum absolute atomic E-state index is 12.4. The fraction of sp³-hybridized carbons (Fsp3) is 0.519. The van der Waals surface area contributed by atoms with Gasteiger partial charge in [-0.1, -0.05) is 24.3 Å². The fourth-order valence-electron chi connectivity index (χ4n) is 5.13. The van der Waals surface area contributed by atoms with Crippen LogP contribution in [0.2, 0.25) is 0 Å². The Morgan fingerprint density at radius 3 is 2.81 bits per heavy atom. The van der Waals surface area contributed by atoms with Crippen molar-refractivity contribution in [3.05, 3.63) is 64.7 Å². The second-order valence-electron chi connectivity index (χ2n) is 9.76. The quantitative estimate of drug-likeness (QED) is 0.690. The molecule has 0 aromatic heterocycles. The van der Waals surface area contributed by atoms with Crippen LogP contribution in [-0.2, 0) is 12.8 Å². The number of aryl methyl sites for hydroxylation is 1. The first kappa shape index (κ1) is 22.8. The molecule has 1 amide bonds. The van der Waals surface area contributed by atoms with Crippen LogP contribution in [0.15, 0.2) is 42.5 Å². The van der Waals surface area contributed by atoms with Crippen LogP contribution in [0.25, 0.3) is 0 Å². The third kappa shape index (κ3) is 5.00. The van der Waals surface area contributed by atoms with E-state index < -0.39 is 5.54 Å². The number of fused-ring (bicyclic) bond motifs is 1. The summed E-state index contributed by atoms with van der Waals surface area (Å²) in [5, 5.41) is 9.57. The Morgan fingerprint density at radius 1 is 1.22 bits per heavy atom. The molecule has 4 rings (SSSR count). The van der Waals surface area contributed by atoms with Gasteiger partial charge in [-0.15, -0.1) is 0 Å². The number of aliphatic hydroxyl groups excluding tert-OH is 1. The predicted octanol–water partition coefficient (Wildman–Crippen LogP) is 3.92. The monoisotopic (exact) mass is 436 g/mol. The highest BCUT2D eigenvalue weighted by molar-refractivity contribution is 5.94. The van der Waals surface area contributed by atoms with Gasteiger partial charge in [0.2, 0.25) is 0 Å². The van der Waals surface area contributed by atoms with Crippen LogP contribution in [-0.4, -0.2) is 48.3 Å². The second-order valence-corrected chi connectivity index (χ2v) is 9.76. The number of ether oxygens (including phenoxy) is 1. The lowest BCUT2D eigenvalue weighted by molar-refractivity contribution is 0.0802. The molecule has 32 heavy (non-hydrogen) atoms. The van der Waals surface area contributed by atoms with Gasteiger partial charge in [0.25, 0.3) is 5.91 Å². The predicted molar refractivity (Wildman–Crippen MR) is 127 cm³/mol. The molecule has 2 aromatic rings. The Labute approximate surface area is 191 Å². The summed E-state index contributed by atoms with van der Waals surface area (Å²) in [5.74, 6) is 1.72. The number of hydrogen-bond donors (Lipinski definition) is 2. The minimum Gasteiger partial charge on any atom is -0.493 e. The zero-order valence-electron chi connectivity index (χ0n) is 19.3. The number of aliphatic hydroxyl groups is 1. The molecule has 0 saturated heterocycles. The number of benzene rings is 2. The summed E-state index contributed by atoms with van der Waals surface area (Å²) in [5.41, 5.74) is 10.8. The molecule has 0 aliphatic heterocycles. The summed E-state index contributed by atoms with van der Waals surface area (Å²) in [6.07, 6.45) is 6.02. The average Bonchev–Trinajstić information content (AvgIpc) is 3.24. The molecule has 172 valence electrons. The standard InChI is InChI=1S/C27H36N2O3/c1-3-29(2)26(31)23-5-4-6-25(15-23)32-17-19-7-8-21-14-22(10-9-20(21)13-19)24-11-12-27(28,16-24)18-30/h4-6,9-10,14-15,19,24,30H,3,7-8,11-13,16-18,28H2,1-2H3/t19?,24-,27+/m0/s1. The van der Waals surface area contributed by atoms with E-state index in [1.165, 1.54) is 16.7 Å². The average molecular weight is 437 g/mol. The van der Waals surface area contributed by atoms with Gasteiger partial charge in [0.1, 0.15) is 5.75 Å². The van der Waals surface area contributed by atoms with E-state index in [1.54, 1.807) is 4.90 Å². The SMILES string of the molecule is CCN(C)C(=O)c1cccc(OCC2CCc3cc([C@H]4CC[C@](N)(CO)C4)ccc3C2)c1. The lowest BCUT2D eigenvalue weighted by Crippen LogP contribution is -2.40. The van der Waals surface area contributed by atoms with E-state index in [9.17, 15) is 9.90 Å². The fourth-order valence-corrected chi connectivity index (χ4v) is 5.13. The highest BCUT2D eigenvalue weighted by Crippen LogP contribution is 2.40. The molecule has 0 radical (unpaired) electrons. The van der Waals surface area contributed by atoms with Gasteiger partial charge in [-0.3, -0.25) is 4.79 Å². The van der Waals surface area contributed by atoms with E-state index in [4.69, 9.17) is 10.5 Å². The molecule has 1 fully saturated rings. The highest BCUT2D eigenvalue weighted by atomic mass is 16.5. The van der Waals surface area contributed by atoms with Crippen LogP contribution in [0.3, 0.4) is 0 Å². The lowest BCUT2D eigenvalue weighted by atomic mass is 9.82. The molecular weight excluding hydrogens is 400 g/mol. The Bertz CT molecular complexity index is 960. The van der Waals surface area contributed by atoms with Crippen LogP contribution >= 0.6 is 0 Å². The highest BCUT2D eigenvalue weighted by Gasteiger charge is 2.36. The third-order valence-electron chi connectivity index (χ3n) is 7.38. The molecule has 0 heterocycles. The van der Waals surface area contributed by atoms with Gasteiger partial charge >= 0.3 is 0 Å². The number of hydrogen-bond acceptors (Lipinski definition) is 4. The molecule has 5 heteroatoms. The molecule has 2 aliphatic carbocycles. The summed E-state index contributed by atoms with van der Waals surface area (Å²) in [6, 6.07) is 14.4. The summed E-state index contributed by atoms with van der Waals surface area (Å²) in [7, 11) is 1.81. The van der Waals surface area contributed by atoms with E-state index in [-0.39, 0.29) is 12.5 Å². The van der Waals surface area contributed by atoms with E-state index in [1.807, 2.05) is 38.2 Å². The van der Waals surface area contributed by atoms with Crippen molar-refractivity contribution in [2.24, 2.45) is 11.7 Å². The number of carbonyl (C=O) groups excluding carboxylic acids is 1. The summed E-state index contributed by atoms with van der Waals surface area (Å²) in [6.45, 7) is 3.39. The Balaban J connectivity index is 1.35. The number of amides is 1. The Kier molecular flexibility index (Phi) is 6.87. The van der Waals surface area contributed by atoms with E-state index in [0.717, 1.165) is 44.3 Å². The van der Waals surface area contributed by atoms with Crippen LogP contribution in [0.1, 0.15) is 65.6 Å². The molecule has 1 saturated carbocycles. The number of nitrogens with two attached hydrogens (primary N) is 1. The maximum atomic E-state index is 12.4. The minimum absolute atomic E-state index is 0.0217. The van der Waals surface area contributed by atoms with Crippen molar-refractivity contribution < 1.29 is 14.6 Å². The number of carbonyl (C=O) groups is 1. The molecule has 0 bridgehead atoms. The van der Waals surface area contributed by atoms with Gasteiger partial charge < -0.3 is 20.5 Å². The second kappa shape index (κ2) is 9.63. The molecule has 5 nitrogen and oxygen atoms in total. The third-order valence-corrected chi connectivity index (χ3v) is 7.38. The first-order valence-corrected chi connectivity index (χ1v) is 11.9. The van der Waals surface area contributed by atoms with E-state index >= 15 is 0 Å². The van der Waals surface area contributed by atoms with Crippen molar-refractivity contribution in [1.29, 1.82) is 0 Å². The number of rotatable bonds is 7. The van der Waals surface area contributed by atoms with Crippen molar-refractivity contribution in [3.63, 3.8) is 0 Å². The van der Waals surface area contributed by atoms with Crippen molar-refractivity contribution in [2.75, 3.05) is 26.8 Å². The van der Waals surface area contributed by atoms with Gasteiger partial charge in [-0.25, -0.2) is 0 Å². The molecular formula is C27H36N2O3. The largest absolute Gasteiger partial charge is 0.493 e. The van der Waals surface area contributed by atoms with E-state index in [0.29, 0.717) is 30.6 Å². The van der Waals surface area contributed by atoms with Crippen molar-refractivity contribution >= 4 is 5.91 Å². The Morgan fingerprint density at radius 2 is 2.06 bits per heavy atom. The van der Waals surface area contributed by atoms with Gasteiger partial charge in [0, 0.05) is 24.7 Å². The summed E-state index contributed by atoms with van der Waals surface area (Å²) in [4.78, 5) is 14.1. The zero-order chi connectivity index (χ0) is 22.7. The minimum atomic E-state index is -0.406. The molecule has 2 aliphatic rings. The van der Waals surface area contributed by atoms with Crippen molar-refractivity contribution in [3.8, 4) is 5.75 Å². The normalized spacial score (nSPS) is 24.8. The maximum Gasteiger partial charge on any atom is 0.253 e. The van der Waals surface area contributed by atoms with Crippen LogP contribution in [0.5, 0.6) is 5.75 Å². The molecule has 3 atom stereocenters. The van der Waals surface area contributed by atoms with Crippen molar-refractivity contribution in [1.82, 2.24) is 4.90 Å². The topological polar surface area (TPSA) is 75.8 Å². The molecule has 3 N–H and O–H groups in total. The van der Waals surface area contributed by atoms with E-state index in [2.05, 4.69) is 18.2 Å². The Hall–Kier alpha value is -2.37. The van der Waals surface area contributed by atoms with Gasteiger partial charge in [-0.05, 0) is 92.2 Å². The molecule has 1 unspecified atom stereocenters. The van der Waals surface area contributed by atoms with Crippen LogP contribution in [0, 0.1) is 5.92 Å². The van der Waals surface area contributed by atoms with Gasteiger partial charge in [0.05, 0.1) is 13.2 Å². The van der Waals surface area contributed by atoms with Crippen molar-refractivity contribution in [2.45, 2.75) is 56.9 Å². The smallest absolute Gasteiger partial charge is 0.253 e. The first-order valence-electron chi connectivity index (χ1n) is 11.9. The lowest BCUT2D eigenvalue weighted by Gasteiger charge is -2.26. The van der Waals surface area contributed by atoms with Gasteiger partial charge in [-0.2, -0.15) is 0 Å². The zero-order valence-corrected chi connectivity index (χ0v) is 19.3. The molecule has 0 spiro atoms. The summed E-state index contributed by atoms with van der Waals surface area (Å²) < 4.78 is 6.10.